The zero-order valence-corrected chi connectivity index (χ0v) is 45.9. The lowest BCUT2D eigenvalue weighted by atomic mass is 9.77. The van der Waals surface area contributed by atoms with E-state index in [1.807, 2.05) is 152 Å². The highest BCUT2D eigenvalue weighted by molar-refractivity contribution is 7.92. The summed E-state index contributed by atoms with van der Waals surface area (Å²) < 4.78 is 28.3. The van der Waals surface area contributed by atoms with Crippen LogP contribution in [0.2, 0.25) is 0 Å². The number of phenolic OH excluding ortho intramolecular Hbond substituents is 1. The summed E-state index contributed by atoms with van der Waals surface area (Å²) >= 11 is -0.780. The summed E-state index contributed by atoms with van der Waals surface area (Å²) in [7, 11) is 0. The molecule has 3 N–H and O–H groups in total. The second kappa shape index (κ2) is 22.5. The number of hydrogen-bond acceptors (Lipinski definition) is 14. The van der Waals surface area contributed by atoms with Crippen molar-refractivity contribution in [1.82, 2.24) is 19.8 Å². The molecule has 6 aromatic rings. The van der Waals surface area contributed by atoms with E-state index in [-0.39, 0.29) is 34.8 Å². The van der Waals surface area contributed by atoms with Crippen LogP contribution in [-0.4, -0.2) is 81.9 Å². The van der Waals surface area contributed by atoms with E-state index in [1.165, 1.54) is 37.4 Å². The van der Waals surface area contributed by atoms with Gasteiger partial charge in [0.05, 0.1) is 6.54 Å². The number of amides is 2. The van der Waals surface area contributed by atoms with Gasteiger partial charge in [-0.15, -0.1) is 11.3 Å². The fraction of sp³-hybridized carbons (Fsp3) is 0.210. The molecule has 1 aromatic heterocycles. The number of esters is 2. The summed E-state index contributed by atoms with van der Waals surface area (Å²) in [6.45, 7) is 7.86. The van der Waals surface area contributed by atoms with Crippen molar-refractivity contribution in [2.24, 2.45) is 5.16 Å². The maximum atomic E-state index is 15.0. The second-order valence-corrected chi connectivity index (χ2v) is 23.1. The van der Waals surface area contributed by atoms with Crippen LogP contribution in [0.15, 0.2) is 209 Å². The Morgan fingerprint density at radius 2 is 1.34 bits per heavy atom. The van der Waals surface area contributed by atoms with Gasteiger partial charge in [-0.1, -0.05) is 163 Å². The number of nitrogens with zero attached hydrogens (tertiary/aromatic N) is 4. The molecule has 3 aliphatic heterocycles. The third kappa shape index (κ3) is 11.1. The van der Waals surface area contributed by atoms with Crippen LogP contribution in [0.3, 0.4) is 0 Å². The highest BCUT2D eigenvalue weighted by Crippen LogP contribution is 2.42. The van der Waals surface area contributed by atoms with Gasteiger partial charge in [-0.2, -0.15) is 0 Å². The van der Waals surface area contributed by atoms with E-state index in [1.54, 1.807) is 49.0 Å². The van der Waals surface area contributed by atoms with Gasteiger partial charge in [0.25, 0.3) is 11.8 Å². The summed E-state index contributed by atoms with van der Waals surface area (Å²) in [4.78, 5) is 83.2. The lowest BCUT2D eigenvalue weighted by molar-refractivity contribution is -0.179. The summed E-state index contributed by atoms with van der Waals surface area (Å²) in [6, 6.07) is 50.8. The van der Waals surface area contributed by atoms with Gasteiger partial charge in [-0.25, -0.2) is 14.6 Å². The molecule has 0 radical (unpaired) electrons. The average Bonchev–Trinajstić information content (AvgIpc) is 3.97. The number of carbonyl (C=O) groups is 4. The van der Waals surface area contributed by atoms with Crippen molar-refractivity contribution in [3.05, 3.63) is 243 Å². The predicted molar refractivity (Wildman–Crippen MR) is 305 cm³/mol. The van der Waals surface area contributed by atoms with Crippen molar-refractivity contribution < 1.29 is 43.1 Å². The summed E-state index contributed by atoms with van der Waals surface area (Å²) in [5, 5.41) is 21.7. The Balaban J connectivity index is 1.01. The van der Waals surface area contributed by atoms with Crippen LogP contribution in [0.25, 0.3) is 11.1 Å². The first-order valence-electron chi connectivity index (χ1n) is 25.7. The van der Waals surface area contributed by atoms with Gasteiger partial charge in [0.2, 0.25) is 16.4 Å². The number of carbonyl (C=O) groups excluding carboxylic acids is 4. The van der Waals surface area contributed by atoms with Crippen LogP contribution in [0.5, 0.6) is 5.75 Å². The zero-order chi connectivity index (χ0) is 56.3. The molecule has 2 amide bonds. The number of benzene rings is 6. The van der Waals surface area contributed by atoms with Gasteiger partial charge in [0, 0.05) is 28.9 Å². The van der Waals surface area contributed by atoms with Crippen molar-refractivity contribution in [2.75, 3.05) is 11.1 Å². The Hall–Kier alpha value is -8.84. The Morgan fingerprint density at radius 1 is 0.787 bits per heavy atom. The van der Waals surface area contributed by atoms with Crippen molar-refractivity contribution in [3.63, 3.8) is 0 Å². The van der Waals surface area contributed by atoms with Crippen LogP contribution in [0.1, 0.15) is 74.2 Å². The number of aromatic hydroxyl groups is 1. The van der Waals surface area contributed by atoms with Crippen LogP contribution in [0.4, 0.5) is 5.13 Å². The van der Waals surface area contributed by atoms with E-state index in [0.29, 0.717) is 21.8 Å². The minimum absolute atomic E-state index is 0.00717. The smallest absolute Gasteiger partial charge is 0.356 e. The van der Waals surface area contributed by atoms with E-state index in [9.17, 15) is 33.6 Å². The molecule has 0 bridgehead atoms. The molecule has 0 saturated carbocycles. The summed E-state index contributed by atoms with van der Waals surface area (Å²) in [5.74, 6) is -4.10. The average molecular weight is 1110 g/mol. The third-order valence-corrected chi connectivity index (χ3v) is 16.0. The number of aromatic nitrogens is 2. The fourth-order valence-electron chi connectivity index (χ4n) is 9.69. The molecule has 2 unspecified atom stereocenters. The molecule has 80 heavy (non-hydrogen) atoms. The van der Waals surface area contributed by atoms with Gasteiger partial charge in [0.15, 0.2) is 28.7 Å². The number of pyridine rings is 1. The highest BCUT2D eigenvalue weighted by atomic mass is 32.2. The van der Waals surface area contributed by atoms with E-state index in [4.69, 9.17) is 19.3 Å². The molecular weight excluding hydrogens is 1050 g/mol. The molecule has 16 nitrogen and oxygen atoms in total. The van der Waals surface area contributed by atoms with Crippen molar-refractivity contribution in [1.29, 1.82) is 0 Å². The Labute approximate surface area is 468 Å². The fourth-order valence-corrected chi connectivity index (χ4v) is 12.1. The van der Waals surface area contributed by atoms with Gasteiger partial charge in [-0.3, -0.25) is 19.3 Å². The highest BCUT2D eigenvalue weighted by Gasteiger charge is 2.61. The number of β-lactam (4-membered cyclic amide) rings is 1. The van der Waals surface area contributed by atoms with Gasteiger partial charge in [0.1, 0.15) is 28.3 Å². The Kier molecular flexibility index (Phi) is 15.3. The largest absolute Gasteiger partial charge is 0.614 e. The number of thiazole rings is 1. The van der Waals surface area contributed by atoms with Crippen molar-refractivity contribution in [3.8, 4) is 16.9 Å². The van der Waals surface area contributed by atoms with E-state index in [0.717, 1.165) is 21.6 Å². The minimum atomic E-state index is -1.96. The predicted octanol–water partition coefficient (Wildman–Crippen LogP) is 9.06. The number of hydrogen-bond donors (Lipinski definition) is 3. The van der Waals surface area contributed by atoms with Gasteiger partial charge in [-0.05, 0) is 91.3 Å². The van der Waals surface area contributed by atoms with Crippen molar-refractivity contribution in [2.45, 2.75) is 75.4 Å². The molecule has 0 spiro atoms. The van der Waals surface area contributed by atoms with Crippen LogP contribution < -0.4 is 16.1 Å². The number of ether oxygens (including phenoxy) is 2. The summed E-state index contributed by atoms with van der Waals surface area (Å²) in [6.07, 6.45) is 2.24. The number of phenols is 1. The number of fused-ring (bicyclic) bond motifs is 2. The lowest BCUT2D eigenvalue weighted by Gasteiger charge is -2.49. The van der Waals surface area contributed by atoms with Gasteiger partial charge < -0.3 is 39.2 Å². The maximum Gasteiger partial charge on any atom is 0.356 e. The molecule has 1 fully saturated rings. The molecule has 5 aromatic carbocycles. The molecule has 4 aliphatic rings. The first kappa shape index (κ1) is 54.5. The molecule has 1 aliphatic carbocycles. The van der Waals surface area contributed by atoms with Crippen molar-refractivity contribution >= 4 is 57.1 Å². The van der Waals surface area contributed by atoms with Gasteiger partial charge >= 0.3 is 11.9 Å². The minimum Gasteiger partial charge on any atom is -0.614 e. The molecule has 1 saturated heterocycles. The Bertz CT molecular complexity index is 3530. The lowest BCUT2D eigenvalue weighted by Crippen LogP contribution is -2.75. The molecule has 4 heterocycles. The topological polar surface area (TPSA) is 214 Å². The first-order chi connectivity index (χ1) is 38.4. The quantitative estimate of drug-likeness (QED) is 0.0195. The molecule has 10 rings (SSSR count). The van der Waals surface area contributed by atoms with E-state index in [2.05, 4.69) is 15.8 Å². The molecule has 3 atom stereocenters. The second-order valence-electron chi connectivity index (χ2n) is 20.7. The molecular formula is C62H56N6O10S2. The monoisotopic (exact) mass is 1110 g/mol. The summed E-state index contributed by atoms with van der Waals surface area (Å²) in [5.41, 5.74) is 0.118. The third-order valence-electron chi connectivity index (χ3n) is 13.6. The number of oxime groups is 1. The van der Waals surface area contributed by atoms with E-state index < -0.39 is 86.1 Å². The number of nitrogens with one attached hydrogen (secondary N) is 2. The van der Waals surface area contributed by atoms with Crippen LogP contribution >= 0.6 is 11.3 Å². The number of rotatable bonds is 17. The molecule has 406 valence electrons. The van der Waals surface area contributed by atoms with E-state index >= 15 is 0 Å². The Morgan fingerprint density at radius 3 is 1.89 bits per heavy atom. The SMILES string of the molecule is CC(C)(C)OC(=O)C(C)(C)O/N=C(\C(=O)NC1C(=O)N2C(C(=O)OC(c3ccccc3)c3ccccc3)=C(Cn3ccc4ccc(O)c(=O)c-4c3)C[S+]([O-])[C@H]12)c1csc(NC(c2ccccc2)(c2ccccc2)c2ccccc2)n1. The molecule has 18 heteroatoms. The zero-order valence-electron chi connectivity index (χ0n) is 44.3. The first-order valence-corrected chi connectivity index (χ1v) is 27.9. The normalized spacial score (nSPS) is 16.6. The standard InChI is InChI=1S/C62H56N6O10S2/c1-60(2,3)77-58(74)61(4,5)78-66-49(47-37-79-59(63-47)65-62(43-25-15-8-16-26-43,44-27-17-9-18-28-44)45-29-19-10-20-30-45)54(71)64-50-55(72)68-51(57(73)76-53(40-21-11-6-12-22-40)41-23-13-7-14-24-41)42(38-80(75)56(50)68)35-67-34-33-39-31-32-48(69)52(70)46(39)36-67/h6-34,36-37,50,53,56,69H,35,38H2,1-5H3,(H,63,65)(H,64,71)/b66-49-/t50?,56-,80?/m1/s1. The maximum absolute atomic E-state index is 15.0. The van der Waals surface area contributed by atoms with Crippen LogP contribution in [0, 0.1) is 0 Å². The number of anilines is 1. The van der Waals surface area contributed by atoms with Crippen LogP contribution in [-0.2, 0) is 56.7 Å².